The number of nitriles is 1. The molecule has 27 heavy (non-hydrogen) atoms. The Kier molecular flexibility index (Phi) is 6.05. The van der Waals surface area contributed by atoms with Crippen molar-refractivity contribution in [3.63, 3.8) is 0 Å². The van der Waals surface area contributed by atoms with Crippen LogP contribution in [0.15, 0.2) is 11.2 Å². The Morgan fingerprint density at radius 2 is 2.04 bits per heavy atom. The normalized spacial score (nSPS) is 14.6. The van der Waals surface area contributed by atoms with Gasteiger partial charge in [-0.15, -0.1) is 0 Å². The molecule has 1 N–H and O–H groups in total. The lowest BCUT2D eigenvalue weighted by Crippen LogP contribution is -2.50. The van der Waals surface area contributed by atoms with E-state index in [2.05, 4.69) is 20.0 Å². The predicted molar refractivity (Wildman–Crippen MR) is 96.5 cm³/mol. The maximum atomic E-state index is 12.1. The Balaban J connectivity index is 2.04. The third-order valence-electron chi connectivity index (χ3n) is 3.59. The SMILES string of the molecule is CC(C)(C)OC(=O)N1CCN(c2nc(C#N)c(/C=C/C(=O)N=[N+]=[N-])[nH]2)CC1. The molecule has 142 valence electrons. The Hall–Kier alpha value is -3.51. The molecule has 0 atom stereocenters. The monoisotopic (exact) mass is 372 g/mol. The van der Waals surface area contributed by atoms with E-state index in [-0.39, 0.29) is 11.8 Å². The number of aromatic amines is 1. The van der Waals surface area contributed by atoms with Gasteiger partial charge in [0.25, 0.3) is 0 Å². The molecule has 0 aliphatic carbocycles. The van der Waals surface area contributed by atoms with Crippen LogP contribution < -0.4 is 4.90 Å². The third-order valence-corrected chi connectivity index (χ3v) is 3.59. The van der Waals surface area contributed by atoms with Crippen molar-refractivity contribution in [1.82, 2.24) is 14.9 Å². The lowest BCUT2D eigenvalue weighted by atomic mass is 10.2. The summed E-state index contributed by atoms with van der Waals surface area (Å²) in [5, 5.41) is 12.1. The van der Waals surface area contributed by atoms with Gasteiger partial charge in [-0.3, -0.25) is 4.79 Å². The minimum absolute atomic E-state index is 0.115. The lowest BCUT2D eigenvalue weighted by molar-refractivity contribution is -0.113. The highest BCUT2D eigenvalue weighted by Crippen LogP contribution is 2.18. The maximum Gasteiger partial charge on any atom is 0.410 e. The Morgan fingerprint density at radius 3 is 2.59 bits per heavy atom. The second-order valence-electron chi connectivity index (χ2n) is 6.75. The highest BCUT2D eigenvalue weighted by molar-refractivity contribution is 5.92. The topological polar surface area (TPSA) is 151 Å². The van der Waals surface area contributed by atoms with E-state index in [4.69, 9.17) is 10.3 Å². The molecule has 11 heteroatoms. The summed E-state index contributed by atoms with van der Waals surface area (Å²) < 4.78 is 5.36. The summed E-state index contributed by atoms with van der Waals surface area (Å²) >= 11 is 0. The van der Waals surface area contributed by atoms with E-state index in [1.54, 1.807) is 4.90 Å². The number of anilines is 1. The van der Waals surface area contributed by atoms with Crippen molar-refractivity contribution in [2.75, 3.05) is 31.1 Å². The number of nitrogens with one attached hydrogen (secondary N) is 1. The van der Waals surface area contributed by atoms with Crippen LogP contribution in [0.3, 0.4) is 0 Å². The highest BCUT2D eigenvalue weighted by Gasteiger charge is 2.27. The van der Waals surface area contributed by atoms with Crippen LogP contribution in [-0.4, -0.2) is 58.6 Å². The summed E-state index contributed by atoms with van der Waals surface area (Å²) in [6, 6.07) is 1.94. The molecule has 2 heterocycles. The van der Waals surface area contributed by atoms with Gasteiger partial charge in [0.2, 0.25) is 11.9 Å². The molecule has 11 nitrogen and oxygen atoms in total. The molecule has 2 amide bonds. The van der Waals surface area contributed by atoms with Crippen molar-refractivity contribution in [2.24, 2.45) is 5.11 Å². The van der Waals surface area contributed by atoms with Crippen LogP contribution in [0.5, 0.6) is 0 Å². The van der Waals surface area contributed by atoms with Gasteiger partial charge in [0, 0.05) is 31.1 Å². The van der Waals surface area contributed by atoms with Crippen molar-refractivity contribution in [1.29, 1.82) is 5.26 Å². The van der Waals surface area contributed by atoms with Gasteiger partial charge in [0.05, 0.1) is 5.69 Å². The zero-order chi connectivity index (χ0) is 20.0. The van der Waals surface area contributed by atoms with Crippen molar-refractivity contribution < 1.29 is 14.3 Å². The molecule has 0 aromatic carbocycles. The molecule has 1 fully saturated rings. The Morgan fingerprint density at radius 1 is 1.37 bits per heavy atom. The molecule has 0 unspecified atom stereocenters. The van der Waals surface area contributed by atoms with Crippen LogP contribution in [-0.2, 0) is 9.53 Å². The number of aromatic nitrogens is 2. The molecule has 2 rings (SSSR count). The third kappa shape index (κ3) is 5.49. The Labute approximate surface area is 155 Å². The van der Waals surface area contributed by atoms with Crippen molar-refractivity contribution in [2.45, 2.75) is 26.4 Å². The standard InChI is InChI=1S/C16H20N8O3/c1-16(2,3)27-15(26)24-8-6-23(7-9-24)14-19-11(12(10-17)20-14)4-5-13(25)21-22-18/h4-5H,6-9H2,1-3H3,(H,19,20)/b5-4+. The van der Waals surface area contributed by atoms with Gasteiger partial charge in [-0.25, -0.2) is 9.78 Å². The van der Waals surface area contributed by atoms with E-state index in [0.29, 0.717) is 37.8 Å². The zero-order valence-electron chi connectivity index (χ0n) is 15.3. The fourth-order valence-corrected chi connectivity index (χ4v) is 2.39. The van der Waals surface area contributed by atoms with Gasteiger partial charge in [-0.05, 0) is 43.6 Å². The molecular formula is C16H20N8O3. The number of carbonyl (C=O) groups excluding carboxylic acids is 2. The van der Waals surface area contributed by atoms with E-state index in [1.807, 2.05) is 31.7 Å². The number of hydrogen-bond donors (Lipinski definition) is 1. The van der Waals surface area contributed by atoms with Gasteiger partial charge in [-0.1, -0.05) is 0 Å². The smallest absolute Gasteiger partial charge is 0.410 e. The number of piperazine rings is 1. The molecule has 0 saturated carbocycles. The van der Waals surface area contributed by atoms with Gasteiger partial charge < -0.3 is 19.5 Å². The number of rotatable bonds is 3. The number of carbonyl (C=O) groups is 2. The van der Waals surface area contributed by atoms with Crippen molar-refractivity contribution in [3.05, 3.63) is 27.9 Å². The highest BCUT2D eigenvalue weighted by atomic mass is 16.6. The fraction of sp³-hybridized carbons (Fsp3) is 0.500. The van der Waals surface area contributed by atoms with Crippen LogP contribution in [0.2, 0.25) is 0 Å². The number of amides is 2. The average molecular weight is 372 g/mol. The molecule has 0 radical (unpaired) electrons. The second kappa shape index (κ2) is 8.25. The summed E-state index contributed by atoms with van der Waals surface area (Å²) in [7, 11) is 0. The molecule has 1 aromatic heterocycles. The molecule has 1 saturated heterocycles. The largest absolute Gasteiger partial charge is 0.444 e. The van der Waals surface area contributed by atoms with E-state index in [1.165, 1.54) is 6.08 Å². The number of azide groups is 1. The summed E-state index contributed by atoms with van der Waals surface area (Å²) in [5.74, 6) is -0.310. The molecule has 1 aliphatic heterocycles. The van der Waals surface area contributed by atoms with Gasteiger partial charge in [0.15, 0.2) is 5.69 Å². The van der Waals surface area contributed by atoms with Crippen LogP contribution in [0.25, 0.3) is 16.5 Å². The average Bonchev–Trinajstić information content (AvgIpc) is 3.02. The van der Waals surface area contributed by atoms with Crippen LogP contribution >= 0.6 is 0 Å². The fourth-order valence-electron chi connectivity index (χ4n) is 2.39. The van der Waals surface area contributed by atoms with E-state index in [0.717, 1.165) is 6.08 Å². The van der Waals surface area contributed by atoms with Gasteiger partial charge >= 0.3 is 6.09 Å². The summed E-state index contributed by atoms with van der Waals surface area (Å²) in [6.07, 6.45) is 2.03. The first kappa shape index (κ1) is 19.8. The number of hydrogen-bond acceptors (Lipinski definition) is 6. The molecule has 0 bridgehead atoms. The van der Waals surface area contributed by atoms with E-state index < -0.39 is 11.5 Å². The van der Waals surface area contributed by atoms with Gasteiger partial charge in [0.1, 0.15) is 11.7 Å². The van der Waals surface area contributed by atoms with Crippen LogP contribution in [0.1, 0.15) is 32.2 Å². The summed E-state index contributed by atoms with van der Waals surface area (Å²) in [6.45, 7) is 7.38. The first-order valence-corrected chi connectivity index (χ1v) is 8.23. The first-order valence-electron chi connectivity index (χ1n) is 8.23. The quantitative estimate of drug-likeness (QED) is 0.371. The number of nitrogens with zero attached hydrogens (tertiary/aromatic N) is 7. The zero-order valence-corrected chi connectivity index (χ0v) is 15.3. The second-order valence-corrected chi connectivity index (χ2v) is 6.75. The molecule has 1 aromatic rings. The van der Waals surface area contributed by atoms with Crippen molar-refractivity contribution >= 4 is 24.0 Å². The molecule has 0 spiro atoms. The van der Waals surface area contributed by atoms with Crippen LogP contribution in [0.4, 0.5) is 10.7 Å². The first-order chi connectivity index (χ1) is 12.7. The molecule has 1 aliphatic rings. The lowest BCUT2D eigenvalue weighted by Gasteiger charge is -2.35. The number of ether oxygens (including phenoxy) is 1. The minimum Gasteiger partial charge on any atom is -0.444 e. The van der Waals surface area contributed by atoms with E-state index in [9.17, 15) is 14.9 Å². The minimum atomic E-state index is -0.775. The van der Waals surface area contributed by atoms with Gasteiger partial charge in [-0.2, -0.15) is 5.26 Å². The van der Waals surface area contributed by atoms with Crippen LogP contribution in [0, 0.1) is 11.3 Å². The van der Waals surface area contributed by atoms with E-state index >= 15 is 0 Å². The predicted octanol–water partition coefficient (Wildman–Crippen LogP) is 2.19. The summed E-state index contributed by atoms with van der Waals surface area (Å²) in [5.41, 5.74) is 8.12. The number of imidazole rings is 1. The van der Waals surface area contributed by atoms with Crippen molar-refractivity contribution in [3.8, 4) is 6.07 Å². The number of H-pyrrole nitrogens is 1. The summed E-state index contributed by atoms with van der Waals surface area (Å²) in [4.78, 5) is 36.4. The molecular weight excluding hydrogens is 352 g/mol. The Bertz CT molecular complexity index is 831. The maximum absolute atomic E-state index is 12.1.